The number of pyridine rings is 1. The molecule has 2 aliphatic rings. The van der Waals surface area contributed by atoms with Crippen LogP contribution in [0.3, 0.4) is 0 Å². The van der Waals surface area contributed by atoms with Gasteiger partial charge < -0.3 is 10.6 Å². The van der Waals surface area contributed by atoms with Gasteiger partial charge in [0.1, 0.15) is 5.82 Å². The van der Waals surface area contributed by atoms with Crippen LogP contribution in [-0.4, -0.2) is 17.6 Å². The number of anilines is 1. The molecule has 2 atom stereocenters. The summed E-state index contributed by atoms with van der Waals surface area (Å²) in [6.45, 7) is 3.20. The first-order valence-electron chi connectivity index (χ1n) is 7.74. The average molecular weight is 259 g/mol. The minimum absolute atomic E-state index is 0.0919. The molecule has 1 aromatic heterocycles. The van der Waals surface area contributed by atoms with Crippen LogP contribution < -0.4 is 10.6 Å². The maximum atomic E-state index is 5.99. The van der Waals surface area contributed by atoms with Crippen LogP contribution >= 0.6 is 0 Å². The summed E-state index contributed by atoms with van der Waals surface area (Å²) in [6, 6.07) is 5.04. The molecule has 1 saturated carbocycles. The highest BCUT2D eigenvalue weighted by Crippen LogP contribution is 2.37. The van der Waals surface area contributed by atoms with Crippen LogP contribution in [-0.2, 0) is 0 Å². The maximum Gasteiger partial charge on any atom is 0.129 e. The third kappa shape index (κ3) is 2.62. The van der Waals surface area contributed by atoms with Gasteiger partial charge in [-0.15, -0.1) is 0 Å². The van der Waals surface area contributed by atoms with Crippen molar-refractivity contribution >= 4 is 5.82 Å². The molecular weight excluding hydrogens is 234 g/mol. The molecule has 2 heterocycles. The predicted molar refractivity (Wildman–Crippen MR) is 79.2 cm³/mol. The second-order valence-corrected chi connectivity index (χ2v) is 6.18. The number of nitrogens with zero attached hydrogens (tertiary/aromatic N) is 2. The Bertz CT molecular complexity index is 424. The van der Waals surface area contributed by atoms with Gasteiger partial charge in [0.15, 0.2) is 0 Å². The summed E-state index contributed by atoms with van der Waals surface area (Å²) in [5, 5.41) is 0. The number of hydrogen-bond acceptors (Lipinski definition) is 3. The van der Waals surface area contributed by atoms with Crippen molar-refractivity contribution in [3.8, 4) is 0 Å². The highest BCUT2D eigenvalue weighted by atomic mass is 15.2. The van der Waals surface area contributed by atoms with Gasteiger partial charge in [-0.05, 0) is 56.2 Å². The lowest BCUT2D eigenvalue weighted by Gasteiger charge is -2.30. The average Bonchev–Trinajstić information content (AvgIpc) is 3.09. The molecule has 2 fully saturated rings. The van der Waals surface area contributed by atoms with E-state index in [4.69, 9.17) is 5.73 Å². The Morgan fingerprint density at radius 2 is 2.05 bits per heavy atom. The Morgan fingerprint density at radius 1 is 1.26 bits per heavy atom. The molecule has 104 valence electrons. The van der Waals surface area contributed by atoms with Gasteiger partial charge in [0, 0.05) is 24.8 Å². The van der Waals surface area contributed by atoms with E-state index < -0.39 is 0 Å². The quantitative estimate of drug-likeness (QED) is 0.906. The van der Waals surface area contributed by atoms with Crippen molar-refractivity contribution < 1.29 is 0 Å². The summed E-state index contributed by atoms with van der Waals surface area (Å²) < 4.78 is 0. The molecule has 0 aromatic carbocycles. The molecule has 1 aromatic rings. The summed E-state index contributed by atoms with van der Waals surface area (Å²) in [7, 11) is 0. The first kappa shape index (κ1) is 12.9. The number of nitrogens with two attached hydrogens (primary N) is 1. The molecule has 0 bridgehead atoms. The molecule has 2 N–H and O–H groups in total. The highest BCUT2D eigenvalue weighted by Gasteiger charge is 2.33. The van der Waals surface area contributed by atoms with Gasteiger partial charge >= 0.3 is 0 Å². The van der Waals surface area contributed by atoms with E-state index in [0.29, 0.717) is 0 Å². The largest absolute Gasteiger partial charge is 0.353 e. The minimum Gasteiger partial charge on any atom is -0.353 e. The van der Waals surface area contributed by atoms with Crippen molar-refractivity contribution in [3.63, 3.8) is 0 Å². The molecule has 0 amide bonds. The first-order valence-corrected chi connectivity index (χ1v) is 7.74. The third-order valence-corrected chi connectivity index (χ3v) is 4.83. The molecule has 3 heteroatoms. The molecule has 1 aliphatic carbocycles. The lowest BCUT2D eigenvalue weighted by Crippen LogP contribution is -2.35. The van der Waals surface area contributed by atoms with Crippen LogP contribution in [0.4, 0.5) is 5.82 Å². The second kappa shape index (κ2) is 5.49. The Morgan fingerprint density at radius 3 is 2.79 bits per heavy atom. The Balaban J connectivity index is 1.81. The van der Waals surface area contributed by atoms with Crippen LogP contribution in [0.2, 0.25) is 0 Å². The summed E-state index contributed by atoms with van der Waals surface area (Å²) in [4.78, 5) is 7.14. The van der Waals surface area contributed by atoms with Gasteiger partial charge in [-0.3, -0.25) is 0 Å². The van der Waals surface area contributed by atoms with Crippen molar-refractivity contribution in [2.24, 2.45) is 11.7 Å². The summed E-state index contributed by atoms with van der Waals surface area (Å²) >= 11 is 0. The molecule has 1 aliphatic heterocycles. The van der Waals surface area contributed by atoms with Crippen LogP contribution in [0.5, 0.6) is 0 Å². The standard InChI is InChI=1S/C16H25N3/c1-12(17)14-8-9-18-16(11-14)19-10-4-7-15(19)13-5-2-3-6-13/h8-9,11-13,15H,2-7,10,17H2,1H3. The van der Waals surface area contributed by atoms with Crippen molar-refractivity contribution in [3.05, 3.63) is 23.9 Å². The van der Waals surface area contributed by atoms with Crippen molar-refractivity contribution in [1.82, 2.24) is 4.98 Å². The molecule has 19 heavy (non-hydrogen) atoms. The maximum absolute atomic E-state index is 5.99. The molecule has 3 rings (SSSR count). The normalized spacial score (nSPS) is 26.0. The monoisotopic (exact) mass is 259 g/mol. The zero-order valence-electron chi connectivity index (χ0n) is 11.9. The van der Waals surface area contributed by atoms with Crippen LogP contribution in [0.1, 0.15) is 57.1 Å². The third-order valence-electron chi connectivity index (χ3n) is 4.83. The SMILES string of the molecule is CC(N)c1ccnc(N2CCCC2C2CCCC2)c1. The second-order valence-electron chi connectivity index (χ2n) is 6.18. The molecular formula is C16H25N3. The summed E-state index contributed by atoms with van der Waals surface area (Å²) in [6.07, 6.45) is 10.2. The van der Waals surface area contributed by atoms with Gasteiger partial charge in [0.2, 0.25) is 0 Å². The first-order chi connectivity index (χ1) is 9.25. The topological polar surface area (TPSA) is 42.1 Å². The van der Waals surface area contributed by atoms with E-state index in [9.17, 15) is 0 Å². The zero-order valence-corrected chi connectivity index (χ0v) is 11.9. The highest BCUT2D eigenvalue weighted by molar-refractivity contribution is 5.44. The number of hydrogen-bond donors (Lipinski definition) is 1. The summed E-state index contributed by atoms with van der Waals surface area (Å²) in [5.41, 5.74) is 7.19. The van der Waals surface area contributed by atoms with E-state index >= 15 is 0 Å². The molecule has 3 nitrogen and oxygen atoms in total. The van der Waals surface area contributed by atoms with Gasteiger partial charge in [-0.2, -0.15) is 0 Å². The smallest absolute Gasteiger partial charge is 0.129 e. The minimum atomic E-state index is 0.0919. The molecule has 1 saturated heterocycles. The Labute approximate surface area is 116 Å². The van der Waals surface area contributed by atoms with E-state index in [1.165, 1.54) is 44.1 Å². The lowest BCUT2D eigenvalue weighted by atomic mass is 9.96. The number of rotatable bonds is 3. The molecule has 0 radical (unpaired) electrons. The lowest BCUT2D eigenvalue weighted by molar-refractivity contribution is 0.429. The number of aromatic nitrogens is 1. The van der Waals surface area contributed by atoms with Crippen molar-refractivity contribution in [2.75, 3.05) is 11.4 Å². The van der Waals surface area contributed by atoms with E-state index in [2.05, 4.69) is 16.0 Å². The Hall–Kier alpha value is -1.09. The fourth-order valence-electron chi connectivity index (χ4n) is 3.78. The van der Waals surface area contributed by atoms with Crippen LogP contribution in [0.25, 0.3) is 0 Å². The van der Waals surface area contributed by atoms with E-state index in [1.807, 2.05) is 19.2 Å². The van der Waals surface area contributed by atoms with Gasteiger partial charge in [-0.25, -0.2) is 4.98 Å². The van der Waals surface area contributed by atoms with E-state index in [0.717, 1.165) is 24.3 Å². The van der Waals surface area contributed by atoms with Crippen LogP contribution in [0.15, 0.2) is 18.3 Å². The predicted octanol–water partition coefficient (Wildman–Crippen LogP) is 3.26. The fraction of sp³-hybridized carbons (Fsp3) is 0.688. The Kier molecular flexibility index (Phi) is 3.74. The van der Waals surface area contributed by atoms with E-state index in [1.54, 1.807) is 0 Å². The summed E-state index contributed by atoms with van der Waals surface area (Å²) in [5.74, 6) is 2.03. The van der Waals surface area contributed by atoms with Crippen LogP contribution in [0, 0.1) is 5.92 Å². The molecule has 0 spiro atoms. The van der Waals surface area contributed by atoms with E-state index in [-0.39, 0.29) is 6.04 Å². The van der Waals surface area contributed by atoms with Crippen molar-refractivity contribution in [1.29, 1.82) is 0 Å². The van der Waals surface area contributed by atoms with Gasteiger partial charge in [0.25, 0.3) is 0 Å². The van der Waals surface area contributed by atoms with Crippen molar-refractivity contribution in [2.45, 2.75) is 57.5 Å². The van der Waals surface area contributed by atoms with Gasteiger partial charge in [0.05, 0.1) is 0 Å². The van der Waals surface area contributed by atoms with Gasteiger partial charge in [-0.1, -0.05) is 12.8 Å². The fourth-order valence-corrected chi connectivity index (χ4v) is 3.78. The zero-order chi connectivity index (χ0) is 13.2. The molecule has 2 unspecified atom stereocenters.